The summed E-state index contributed by atoms with van der Waals surface area (Å²) in [4.78, 5) is 0. The highest BCUT2D eigenvalue weighted by Gasteiger charge is 2.12. The summed E-state index contributed by atoms with van der Waals surface area (Å²) in [7, 11) is 0. The molecule has 2 rings (SSSR count). The Kier molecular flexibility index (Phi) is 3.96. The Morgan fingerprint density at radius 1 is 1.17 bits per heavy atom. The summed E-state index contributed by atoms with van der Waals surface area (Å²) in [5.41, 5.74) is 1.07. The molecule has 0 heterocycles. The van der Waals surface area contributed by atoms with Crippen LogP contribution in [-0.4, -0.2) is 0 Å². The Morgan fingerprint density at radius 2 is 1.94 bits per heavy atom. The van der Waals surface area contributed by atoms with Crippen molar-refractivity contribution in [2.45, 2.75) is 5.33 Å². The molecule has 2 aromatic rings. The standard InChI is InChI=1S/C14H9BrFNO/c15-8-10-5-3-6-12(16)14(10)18-13-7-2-1-4-11(13)9-17/h1-7H,8H2. The Labute approximate surface area is 113 Å². The highest BCUT2D eigenvalue weighted by molar-refractivity contribution is 9.08. The van der Waals surface area contributed by atoms with Crippen LogP contribution in [0.3, 0.4) is 0 Å². The van der Waals surface area contributed by atoms with Gasteiger partial charge in [0.15, 0.2) is 11.6 Å². The van der Waals surface area contributed by atoms with E-state index in [1.165, 1.54) is 6.07 Å². The van der Waals surface area contributed by atoms with Crippen molar-refractivity contribution in [1.82, 2.24) is 0 Å². The predicted molar refractivity (Wildman–Crippen MR) is 70.3 cm³/mol. The van der Waals surface area contributed by atoms with Gasteiger partial charge in [-0.05, 0) is 18.2 Å². The summed E-state index contributed by atoms with van der Waals surface area (Å²) >= 11 is 3.28. The van der Waals surface area contributed by atoms with E-state index in [-0.39, 0.29) is 5.75 Å². The Morgan fingerprint density at radius 3 is 2.67 bits per heavy atom. The molecular weight excluding hydrogens is 297 g/mol. The number of hydrogen-bond acceptors (Lipinski definition) is 2. The molecule has 2 nitrogen and oxygen atoms in total. The first kappa shape index (κ1) is 12.6. The third-order valence-corrected chi connectivity index (χ3v) is 3.02. The lowest BCUT2D eigenvalue weighted by Crippen LogP contribution is -1.94. The van der Waals surface area contributed by atoms with Gasteiger partial charge in [-0.15, -0.1) is 0 Å². The van der Waals surface area contributed by atoms with Crippen molar-refractivity contribution < 1.29 is 9.13 Å². The van der Waals surface area contributed by atoms with E-state index >= 15 is 0 Å². The summed E-state index contributed by atoms with van der Waals surface area (Å²) in [5, 5.41) is 9.44. The molecule has 0 aliphatic carbocycles. The zero-order valence-electron chi connectivity index (χ0n) is 9.36. The van der Waals surface area contributed by atoms with Crippen molar-refractivity contribution in [3.8, 4) is 17.6 Å². The number of halogens is 2. The van der Waals surface area contributed by atoms with Crippen LogP contribution < -0.4 is 4.74 Å². The van der Waals surface area contributed by atoms with Gasteiger partial charge in [0.25, 0.3) is 0 Å². The van der Waals surface area contributed by atoms with E-state index in [2.05, 4.69) is 15.9 Å². The van der Waals surface area contributed by atoms with Crippen molar-refractivity contribution in [2.24, 2.45) is 0 Å². The normalized spacial score (nSPS) is 9.83. The second kappa shape index (κ2) is 5.65. The first-order valence-electron chi connectivity index (χ1n) is 5.26. The number of para-hydroxylation sites is 2. The SMILES string of the molecule is N#Cc1ccccc1Oc1c(F)cccc1CBr. The molecule has 0 bridgehead atoms. The number of ether oxygens (including phenoxy) is 1. The van der Waals surface area contributed by atoms with E-state index in [1.807, 2.05) is 6.07 Å². The second-order valence-electron chi connectivity index (χ2n) is 3.57. The van der Waals surface area contributed by atoms with E-state index in [0.29, 0.717) is 22.2 Å². The minimum Gasteiger partial charge on any atom is -0.453 e. The van der Waals surface area contributed by atoms with E-state index in [9.17, 15) is 4.39 Å². The maximum atomic E-state index is 13.7. The third-order valence-electron chi connectivity index (χ3n) is 2.41. The Hall–Kier alpha value is -1.86. The van der Waals surface area contributed by atoms with Crippen molar-refractivity contribution >= 4 is 15.9 Å². The summed E-state index contributed by atoms with van der Waals surface area (Å²) in [6.45, 7) is 0. The van der Waals surface area contributed by atoms with E-state index < -0.39 is 5.82 Å². The topological polar surface area (TPSA) is 33.0 Å². The first-order valence-corrected chi connectivity index (χ1v) is 6.38. The van der Waals surface area contributed by atoms with Gasteiger partial charge in [0.2, 0.25) is 0 Å². The van der Waals surface area contributed by atoms with Crippen molar-refractivity contribution in [3.63, 3.8) is 0 Å². The van der Waals surface area contributed by atoms with Gasteiger partial charge in [-0.3, -0.25) is 0 Å². The molecular formula is C14H9BrFNO. The summed E-state index contributed by atoms with van der Waals surface area (Å²) in [6.07, 6.45) is 0. The van der Waals surface area contributed by atoms with Crippen LogP contribution in [0.15, 0.2) is 42.5 Å². The maximum Gasteiger partial charge on any atom is 0.167 e. The zero-order chi connectivity index (χ0) is 13.0. The van der Waals surface area contributed by atoms with Crippen LogP contribution in [0.5, 0.6) is 11.5 Å². The number of rotatable bonds is 3. The molecule has 90 valence electrons. The molecule has 0 aliphatic rings. The van der Waals surface area contributed by atoms with Gasteiger partial charge in [0.1, 0.15) is 11.8 Å². The van der Waals surface area contributed by atoms with Gasteiger partial charge in [-0.1, -0.05) is 40.2 Å². The lowest BCUT2D eigenvalue weighted by molar-refractivity contribution is 0.437. The minimum absolute atomic E-state index is 0.150. The molecule has 0 radical (unpaired) electrons. The molecule has 0 N–H and O–H groups in total. The summed E-state index contributed by atoms with van der Waals surface area (Å²) in [5.74, 6) is 0.0593. The highest BCUT2D eigenvalue weighted by Crippen LogP contribution is 2.31. The van der Waals surface area contributed by atoms with Gasteiger partial charge in [-0.25, -0.2) is 4.39 Å². The molecule has 0 spiro atoms. The quantitative estimate of drug-likeness (QED) is 0.788. The van der Waals surface area contributed by atoms with Crippen LogP contribution in [0, 0.1) is 17.1 Å². The molecule has 0 saturated heterocycles. The van der Waals surface area contributed by atoms with Crippen LogP contribution in [-0.2, 0) is 5.33 Å². The van der Waals surface area contributed by atoms with Crippen LogP contribution in [0.25, 0.3) is 0 Å². The van der Waals surface area contributed by atoms with Gasteiger partial charge in [0.05, 0.1) is 5.56 Å². The van der Waals surface area contributed by atoms with Crippen LogP contribution in [0.1, 0.15) is 11.1 Å². The molecule has 0 aliphatic heterocycles. The number of hydrogen-bond donors (Lipinski definition) is 0. The fraction of sp³-hybridized carbons (Fsp3) is 0.0714. The summed E-state index contributed by atoms with van der Waals surface area (Å²) in [6, 6.07) is 13.5. The van der Waals surface area contributed by atoms with Gasteiger partial charge < -0.3 is 4.74 Å². The van der Waals surface area contributed by atoms with Gasteiger partial charge >= 0.3 is 0 Å². The number of benzene rings is 2. The average Bonchev–Trinajstić information content (AvgIpc) is 2.41. The van der Waals surface area contributed by atoms with Crippen molar-refractivity contribution in [1.29, 1.82) is 5.26 Å². The van der Waals surface area contributed by atoms with Crippen molar-refractivity contribution in [2.75, 3.05) is 0 Å². The van der Waals surface area contributed by atoms with Crippen LogP contribution in [0.2, 0.25) is 0 Å². The van der Waals surface area contributed by atoms with Crippen LogP contribution in [0.4, 0.5) is 4.39 Å². The lowest BCUT2D eigenvalue weighted by atomic mass is 10.2. The van der Waals surface area contributed by atoms with Gasteiger partial charge in [0, 0.05) is 10.9 Å². The lowest BCUT2D eigenvalue weighted by Gasteiger charge is -2.11. The van der Waals surface area contributed by atoms with Gasteiger partial charge in [-0.2, -0.15) is 5.26 Å². The van der Waals surface area contributed by atoms with Crippen molar-refractivity contribution in [3.05, 3.63) is 59.4 Å². The Balaban J connectivity index is 2.43. The third kappa shape index (κ3) is 2.52. The number of alkyl halides is 1. The number of nitrogens with zero attached hydrogens (tertiary/aromatic N) is 1. The zero-order valence-corrected chi connectivity index (χ0v) is 10.9. The highest BCUT2D eigenvalue weighted by atomic mass is 79.9. The number of nitriles is 1. The first-order chi connectivity index (χ1) is 8.76. The van der Waals surface area contributed by atoms with E-state index in [4.69, 9.17) is 10.00 Å². The average molecular weight is 306 g/mol. The minimum atomic E-state index is -0.445. The fourth-order valence-electron chi connectivity index (χ4n) is 1.53. The molecule has 0 aromatic heterocycles. The van der Waals surface area contributed by atoms with E-state index in [1.54, 1.807) is 36.4 Å². The molecule has 2 aromatic carbocycles. The maximum absolute atomic E-state index is 13.7. The molecule has 18 heavy (non-hydrogen) atoms. The van der Waals surface area contributed by atoms with Crippen LogP contribution >= 0.6 is 15.9 Å². The molecule has 4 heteroatoms. The molecule has 0 unspecified atom stereocenters. The van der Waals surface area contributed by atoms with E-state index in [0.717, 1.165) is 0 Å². The largest absolute Gasteiger partial charge is 0.453 e. The molecule has 0 saturated carbocycles. The molecule has 0 amide bonds. The smallest absolute Gasteiger partial charge is 0.167 e. The molecule has 0 fully saturated rings. The second-order valence-corrected chi connectivity index (χ2v) is 4.13. The monoisotopic (exact) mass is 305 g/mol. The Bertz CT molecular complexity index is 607. The molecule has 0 atom stereocenters. The fourth-order valence-corrected chi connectivity index (χ4v) is 1.97. The summed E-state index contributed by atoms with van der Waals surface area (Å²) < 4.78 is 19.3. The predicted octanol–water partition coefficient (Wildman–Crippen LogP) is 4.38.